The number of nitro groups is 1. The number of fused-ring (bicyclic) bond motifs is 3. The first kappa shape index (κ1) is 12.8. The summed E-state index contributed by atoms with van der Waals surface area (Å²) in [6.07, 6.45) is 4.65. The van der Waals surface area contributed by atoms with Gasteiger partial charge in [0.25, 0.3) is 5.69 Å². The summed E-state index contributed by atoms with van der Waals surface area (Å²) >= 11 is 0. The van der Waals surface area contributed by atoms with Crippen molar-refractivity contribution in [3.05, 3.63) is 76.1 Å². The molecule has 3 aromatic rings. The van der Waals surface area contributed by atoms with E-state index in [9.17, 15) is 10.1 Å². The number of hydrogen-bond acceptors (Lipinski definition) is 3. The SMILES string of the molecule is O=[N+]([O-])c1ccccc1C1C=Cn2c(nc3ccccc32)C1. The lowest BCUT2D eigenvalue weighted by Gasteiger charge is -2.18. The molecule has 0 spiro atoms. The molecule has 0 saturated carbocycles. The van der Waals surface area contributed by atoms with Gasteiger partial charge in [0.2, 0.25) is 0 Å². The maximum absolute atomic E-state index is 11.2. The van der Waals surface area contributed by atoms with E-state index in [1.165, 1.54) is 0 Å². The van der Waals surface area contributed by atoms with Crippen molar-refractivity contribution < 1.29 is 4.92 Å². The third-order valence-corrected chi connectivity index (χ3v) is 4.07. The highest BCUT2D eigenvalue weighted by Gasteiger charge is 2.24. The maximum atomic E-state index is 11.2. The number of nitro benzene ring substituents is 1. The van der Waals surface area contributed by atoms with Crippen LogP contribution in [-0.4, -0.2) is 14.5 Å². The van der Waals surface area contributed by atoms with Crippen molar-refractivity contribution in [3.63, 3.8) is 0 Å². The van der Waals surface area contributed by atoms with Gasteiger partial charge in [-0.15, -0.1) is 0 Å². The zero-order chi connectivity index (χ0) is 15.1. The molecule has 1 atom stereocenters. The van der Waals surface area contributed by atoms with Crippen molar-refractivity contribution in [3.8, 4) is 0 Å². The third kappa shape index (κ3) is 1.90. The Bertz CT molecular complexity index is 911. The van der Waals surface area contributed by atoms with Crippen molar-refractivity contribution in [1.82, 2.24) is 9.55 Å². The van der Waals surface area contributed by atoms with Gasteiger partial charge in [-0.3, -0.25) is 10.1 Å². The molecule has 1 aliphatic heterocycles. The first-order valence-corrected chi connectivity index (χ1v) is 7.11. The van der Waals surface area contributed by atoms with Gasteiger partial charge in [0.05, 0.1) is 16.0 Å². The smallest absolute Gasteiger partial charge is 0.273 e. The van der Waals surface area contributed by atoms with Gasteiger partial charge in [0.1, 0.15) is 5.82 Å². The molecule has 0 fully saturated rings. The Hall–Kier alpha value is -2.95. The lowest BCUT2D eigenvalue weighted by molar-refractivity contribution is -0.385. The lowest BCUT2D eigenvalue weighted by Crippen LogP contribution is -2.11. The molecule has 22 heavy (non-hydrogen) atoms. The van der Waals surface area contributed by atoms with Crippen LogP contribution in [0.1, 0.15) is 17.3 Å². The molecule has 1 aromatic heterocycles. The number of imidazole rings is 1. The van der Waals surface area contributed by atoms with Gasteiger partial charge < -0.3 is 4.57 Å². The van der Waals surface area contributed by atoms with Crippen LogP contribution < -0.4 is 0 Å². The molecule has 4 rings (SSSR count). The lowest BCUT2D eigenvalue weighted by atomic mass is 9.92. The molecule has 5 heteroatoms. The summed E-state index contributed by atoms with van der Waals surface area (Å²) in [5.74, 6) is 0.915. The number of rotatable bonds is 2. The van der Waals surface area contributed by atoms with Crippen LogP contribution in [0.2, 0.25) is 0 Å². The molecule has 0 amide bonds. The van der Waals surface area contributed by atoms with E-state index in [1.807, 2.05) is 48.7 Å². The van der Waals surface area contributed by atoms with Crippen LogP contribution in [0.5, 0.6) is 0 Å². The van der Waals surface area contributed by atoms with Crippen molar-refractivity contribution in [2.75, 3.05) is 0 Å². The Kier molecular flexibility index (Phi) is 2.79. The molecule has 1 aliphatic rings. The zero-order valence-electron chi connectivity index (χ0n) is 11.7. The Morgan fingerprint density at radius 3 is 2.77 bits per heavy atom. The minimum atomic E-state index is -0.319. The summed E-state index contributed by atoms with van der Waals surface area (Å²) in [5, 5.41) is 11.2. The normalized spacial score (nSPS) is 16.6. The number of aromatic nitrogens is 2. The van der Waals surface area contributed by atoms with Crippen molar-refractivity contribution in [2.45, 2.75) is 12.3 Å². The van der Waals surface area contributed by atoms with E-state index in [0.29, 0.717) is 6.42 Å². The maximum Gasteiger partial charge on any atom is 0.273 e. The highest BCUT2D eigenvalue weighted by molar-refractivity contribution is 5.78. The predicted molar refractivity (Wildman–Crippen MR) is 84.6 cm³/mol. The molecule has 0 aliphatic carbocycles. The first-order valence-electron chi connectivity index (χ1n) is 7.11. The van der Waals surface area contributed by atoms with Gasteiger partial charge in [0, 0.05) is 30.2 Å². The van der Waals surface area contributed by atoms with Crippen molar-refractivity contribution in [1.29, 1.82) is 0 Å². The number of para-hydroxylation sites is 3. The molecule has 2 heterocycles. The topological polar surface area (TPSA) is 61.0 Å². The van der Waals surface area contributed by atoms with Gasteiger partial charge in [-0.1, -0.05) is 36.4 Å². The number of hydrogen-bond donors (Lipinski definition) is 0. The standard InChI is InChI=1S/C17H13N3O2/c21-20(22)15-7-3-1-5-13(15)12-9-10-19-16-8-4-2-6-14(16)18-17(19)11-12/h1-10,12H,11H2. The average molecular weight is 291 g/mol. The van der Waals surface area contributed by atoms with Crippen LogP contribution in [0, 0.1) is 10.1 Å². The van der Waals surface area contributed by atoms with Crippen molar-refractivity contribution in [2.24, 2.45) is 0 Å². The van der Waals surface area contributed by atoms with Crippen LogP contribution in [0.3, 0.4) is 0 Å². The summed E-state index contributed by atoms with van der Waals surface area (Å²) in [6.45, 7) is 0. The van der Waals surface area contributed by atoms with Gasteiger partial charge in [-0.2, -0.15) is 0 Å². The highest BCUT2D eigenvalue weighted by atomic mass is 16.6. The third-order valence-electron chi connectivity index (χ3n) is 4.07. The fourth-order valence-corrected chi connectivity index (χ4v) is 3.04. The summed E-state index contributed by atoms with van der Waals surface area (Å²) < 4.78 is 2.06. The molecular formula is C17H13N3O2. The quantitative estimate of drug-likeness (QED) is 0.533. The van der Waals surface area contributed by atoms with Crippen LogP contribution in [0.25, 0.3) is 17.2 Å². The van der Waals surface area contributed by atoms with E-state index in [0.717, 1.165) is 22.4 Å². The minimum absolute atomic E-state index is 0.0223. The van der Waals surface area contributed by atoms with Crippen LogP contribution in [0.15, 0.2) is 54.6 Å². The second-order valence-corrected chi connectivity index (χ2v) is 5.35. The summed E-state index contributed by atoms with van der Waals surface area (Å²) in [6, 6.07) is 14.9. The average Bonchev–Trinajstić information content (AvgIpc) is 2.92. The molecule has 0 N–H and O–H groups in total. The minimum Gasteiger partial charge on any atom is -0.303 e. The summed E-state index contributed by atoms with van der Waals surface area (Å²) in [4.78, 5) is 15.5. The predicted octanol–water partition coefficient (Wildman–Crippen LogP) is 3.76. The zero-order valence-corrected chi connectivity index (χ0v) is 11.7. The van der Waals surface area contributed by atoms with Gasteiger partial charge in [0.15, 0.2) is 0 Å². The van der Waals surface area contributed by atoms with Crippen LogP contribution >= 0.6 is 0 Å². The molecule has 0 bridgehead atoms. The van der Waals surface area contributed by atoms with Gasteiger partial charge in [-0.25, -0.2) is 4.98 Å². The second kappa shape index (κ2) is 4.80. The van der Waals surface area contributed by atoms with E-state index >= 15 is 0 Å². The van der Waals surface area contributed by atoms with E-state index in [2.05, 4.69) is 9.55 Å². The number of benzene rings is 2. The monoisotopic (exact) mass is 291 g/mol. The Balaban J connectivity index is 1.79. The fourth-order valence-electron chi connectivity index (χ4n) is 3.04. The van der Waals surface area contributed by atoms with E-state index in [4.69, 9.17) is 0 Å². The van der Waals surface area contributed by atoms with Gasteiger partial charge >= 0.3 is 0 Å². The molecule has 5 nitrogen and oxygen atoms in total. The summed E-state index contributed by atoms with van der Waals surface area (Å²) in [5.41, 5.74) is 2.92. The molecule has 0 saturated heterocycles. The number of allylic oxidation sites excluding steroid dienone is 1. The summed E-state index contributed by atoms with van der Waals surface area (Å²) in [7, 11) is 0. The van der Waals surface area contributed by atoms with Crippen LogP contribution in [-0.2, 0) is 6.42 Å². The van der Waals surface area contributed by atoms with Gasteiger partial charge in [-0.05, 0) is 12.1 Å². The first-order chi connectivity index (χ1) is 10.7. The van der Waals surface area contributed by atoms with E-state index in [1.54, 1.807) is 12.1 Å². The molecule has 108 valence electrons. The van der Waals surface area contributed by atoms with Crippen molar-refractivity contribution >= 4 is 22.9 Å². The second-order valence-electron chi connectivity index (χ2n) is 5.35. The Morgan fingerprint density at radius 2 is 1.91 bits per heavy atom. The molecule has 2 aromatic carbocycles. The molecule has 1 unspecified atom stereocenters. The fraction of sp³-hybridized carbons (Fsp3) is 0.118. The number of nitrogens with zero attached hydrogens (tertiary/aromatic N) is 3. The largest absolute Gasteiger partial charge is 0.303 e. The van der Waals surface area contributed by atoms with E-state index in [-0.39, 0.29) is 16.5 Å². The van der Waals surface area contributed by atoms with Crippen LogP contribution in [0.4, 0.5) is 5.69 Å². The van der Waals surface area contributed by atoms with E-state index < -0.39 is 0 Å². The molecule has 0 radical (unpaired) electrons. The Morgan fingerprint density at radius 1 is 1.14 bits per heavy atom. The Labute approximate surface area is 126 Å². The highest BCUT2D eigenvalue weighted by Crippen LogP contribution is 2.33. The molecular weight excluding hydrogens is 278 g/mol.